The third-order valence-corrected chi connectivity index (χ3v) is 6.23. The van der Waals surface area contributed by atoms with Crippen molar-refractivity contribution < 1.29 is 14.3 Å². The Hall–Kier alpha value is -4.23. The Morgan fingerprint density at radius 2 is 1.70 bits per heavy atom. The van der Waals surface area contributed by atoms with E-state index in [2.05, 4.69) is 0 Å². The third kappa shape index (κ3) is 5.62. The van der Waals surface area contributed by atoms with Gasteiger partial charge < -0.3 is 14.4 Å². The molecule has 0 N–H and O–H groups in total. The molecule has 1 aromatic heterocycles. The molecule has 0 spiro atoms. The number of hydrogen-bond acceptors (Lipinski definition) is 5. The second-order valence-electron chi connectivity index (χ2n) is 8.49. The Morgan fingerprint density at radius 3 is 2.43 bits per heavy atom. The third-order valence-electron chi connectivity index (χ3n) is 6.23. The number of hydrogen-bond donors (Lipinski definition) is 0. The zero-order valence-electron chi connectivity index (χ0n) is 21.3. The van der Waals surface area contributed by atoms with E-state index in [1.54, 1.807) is 48.0 Å². The maximum atomic E-state index is 13.9. The van der Waals surface area contributed by atoms with Crippen LogP contribution in [-0.4, -0.2) is 47.7 Å². The van der Waals surface area contributed by atoms with Crippen LogP contribution in [0.25, 0.3) is 22.7 Å². The van der Waals surface area contributed by atoms with E-state index < -0.39 is 6.04 Å². The van der Waals surface area contributed by atoms with Gasteiger partial charge in [-0.3, -0.25) is 14.2 Å². The largest absolute Gasteiger partial charge is 0.495 e. The lowest BCUT2D eigenvalue weighted by Crippen LogP contribution is -2.39. The molecule has 4 rings (SSSR count). The molecule has 0 aliphatic rings. The first-order chi connectivity index (χ1) is 18.1. The van der Waals surface area contributed by atoms with Crippen molar-refractivity contribution in [2.45, 2.75) is 19.4 Å². The second kappa shape index (κ2) is 12.1. The van der Waals surface area contributed by atoms with Gasteiger partial charge in [0.05, 0.1) is 36.3 Å². The molecule has 7 nitrogen and oxygen atoms in total. The zero-order chi connectivity index (χ0) is 26.2. The number of carbonyl (C=O) groups excluding carboxylic acids is 1. The summed E-state index contributed by atoms with van der Waals surface area (Å²) in [4.78, 5) is 34.1. The van der Waals surface area contributed by atoms with E-state index in [4.69, 9.17) is 14.5 Å². The Balaban J connectivity index is 1.89. The van der Waals surface area contributed by atoms with Crippen molar-refractivity contribution in [3.8, 4) is 11.4 Å². The Kier molecular flexibility index (Phi) is 8.48. The van der Waals surface area contributed by atoms with Gasteiger partial charge in [-0.2, -0.15) is 0 Å². The summed E-state index contributed by atoms with van der Waals surface area (Å²) in [5.41, 5.74) is 1.85. The summed E-state index contributed by atoms with van der Waals surface area (Å²) in [5.74, 6) is 0.812. The fourth-order valence-corrected chi connectivity index (χ4v) is 4.40. The van der Waals surface area contributed by atoms with Crippen molar-refractivity contribution in [1.82, 2.24) is 14.5 Å². The normalized spacial score (nSPS) is 12.1. The van der Waals surface area contributed by atoms with E-state index in [0.717, 1.165) is 5.56 Å². The van der Waals surface area contributed by atoms with E-state index in [-0.39, 0.29) is 11.5 Å². The van der Waals surface area contributed by atoms with Crippen molar-refractivity contribution >= 4 is 22.9 Å². The van der Waals surface area contributed by atoms with Gasteiger partial charge in [-0.1, -0.05) is 61.5 Å². The van der Waals surface area contributed by atoms with Gasteiger partial charge in [0.1, 0.15) is 11.6 Å². The summed E-state index contributed by atoms with van der Waals surface area (Å²) in [5, 5.41) is 0.491. The highest BCUT2D eigenvalue weighted by molar-refractivity contribution is 5.92. The molecule has 1 heterocycles. The van der Waals surface area contributed by atoms with Crippen LogP contribution in [0.5, 0.6) is 5.75 Å². The van der Waals surface area contributed by atoms with Crippen molar-refractivity contribution in [3.05, 3.63) is 107 Å². The SMILES string of the molecule is CCC(c1nc2ccccc2c(=O)n1-c1ccccc1OC)N(CCOC)C(=O)/C=C/c1ccccc1. The minimum absolute atomic E-state index is 0.193. The number of methoxy groups -OCH3 is 2. The molecule has 0 saturated heterocycles. The van der Waals surface area contributed by atoms with Gasteiger partial charge >= 0.3 is 0 Å². The molecule has 1 atom stereocenters. The van der Waals surface area contributed by atoms with Gasteiger partial charge in [0.15, 0.2) is 0 Å². The van der Waals surface area contributed by atoms with Crippen LogP contribution in [0.4, 0.5) is 0 Å². The highest BCUT2D eigenvalue weighted by Crippen LogP contribution is 2.29. The first-order valence-electron chi connectivity index (χ1n) is 12.3. The molecule has 4 aromatic rings. The lowest BCUT2D eigenvalue weighted by molar-refractivity contribution is -0.129. The van der Waals surface area contributed by atoms with Gasteiger partial charge in [-0.05, 0) is 42.3 Å². The molecule has 0 aliphatic carbocycles. The Morgan fingerprint density at radius 1 is 1.00 bits per heavy atom. The molecular weight excluding hydrogens is 466 g/mol. The van der Waals surface area contributed by atoms with E-state index >= 15 is 0 Å². The number of nitrogens with zero attached hydrogens (tertiary/aromatic N) is 3. The standard InChI is InChI=1S/C30H31N3O4/c1-4-25(32(20-21-36-2)28(34)19-18-22-12-6-5-7-13-22)29-31-24-15-9-8-14-23(24)30(35)33(29)26-16-10-11-17-27(26)37-3/h5-19,25H,4,20-21H2,1-3H3/b19-18+. The average molecular weight is 498 g/mol. The maximum Gasteiger partial charge on any atom is 0.266 e. The Bertz CT molecular complexity index is 1450. The summed E-state index contributed by atoms with van der Waals surface area (Å²) < 4.78 is 12.5. The predicted molar refractivity (Wildman–Crippen MR) is 146 cm³/mol. The van der Waals surface area contributed by atoms with Crippen molar-refractivity contribution in [2.24, 2.45) is 0 Å². The molecule has 0 fully saturated rings. The van der Waals surface area contributed by atoms with Crippen molar-refractivity contribution in [3.63, 3.8) is 0 Å². The van der Waals surface area contributed by atoms with Crippen LogP contribution in [0.2, 0.25) is 0 Å². The van der Waals surface area contributed by atoms with Gasteiger partial charge in [-0.15, -0.1) is 0 Å². The second-order valence-corrected chi connectivity index (χ2v) is 8.49. The molecule has 7 heteroatoms. The highest BCUT2D eigenvalue weighted by Gasteiger charge is 2.28. The summed E-state index contributed by atoms with van der Waals surface area (Å²) in [6.07, 6.45) is 3.88. The number of amides is 1. The topological polar surface area (TPSA) is 73.7 Å². The number of carbonyl (C=O) groups is 1. The average Bonchev–Trinajstić information content (AvgIpc) is 2.94. The van der Waals surface area contributed by atoms with Gasteiger partial charge in [0.25, 0.3) is 5.56 Å². The molecule has 1 unspecified atom stereocenters. The lowest BCUT2D eigenvalue weighted by atomic mass is 10.1. The predicted octanol–water partition coefficient (Wildman–Crippen LogP) is 5.03. The molecule has 190 valence electrons. The van der Waals surface area contributed by atoms with E-state index in [0.29, 0.717) is 47.7 Å². The zero-order valence-corrected chi connectivity index (χ0v) is 21.3. The monoisotopic (exact) mass is 497 g/mol. The first kappa shape index (κ1) is 25.9. The number of fused-ring (bicyclic) bond motifs is 1. The van der Waals surface area contributed by atoms with Crippen molar-refractivity contribution in [2.75, 3.05) is 27.4 Å². The maximum absolute atomic E-state index is 13.9. The number of rotatable bonds is 10. The van der Waals surface area contributed by atoms with Gasteiger partial charge in [-0.25, -0.2) is 4.98 Å². The summed E-state index contributed by atoms with van der Waals surface area (Å²) >= 11 is 0. The minimum atomic E-state index is -0.495. The van der Waals surface area contributed by atoms with Gasteiger partial charge in [0.2, 0.25) is 5.91 Å². The minimum Gasteiger partial charge on any atom is -0.495 e. The van der Waals surface area contributed by atoms with Crippen LogP contribution in [0.3, 0.4) is 0 Å². The van der Waals surface area contributed by atoms with Crippen LogP contribution in [0, 0.1) is 0 Å². The fourth-order valence-electron chi connectivity index (χ4n) is 4.40. The highest BCUT2D eigenvalue weighted by atomic mass is 16.5. The van der Waals surface area contributed by atoms with Crippen LogP contribution in [-0.2, 0) is 9.53 Å². The fraction of sp³-hybridized carbons (Fsp3) is 0.233. The number of aromatic nitrogens is 2. The van der Waals surface area contributed by atoms with Crippen LogP contribution in [0.1, 0.15) is 30.8 Å². The molecule has 0 bridgehead atoms. The number of ether oxygens (including phenoxy) is 2. The van der Waals surface area contributed by atoms with Gasteiger partial charge in [0, 0.05) is 19.7 Å². The van der Waals surface area contributed by atoms with E-state index in [1.807, 2.05) is 73.7 Å². The summed E-state index contributed by atoms with van der Waals surface area (Å²) in [7, 11) is 3.17. The molecule has 0 saturated carbocycles. The quantitative estimate of drug-likeness (QED) is 0.287. The number of para-hydroxylation sites is 3. The molecule has 3 aromatic carbocycles. The number of benzene rings is 3. The molecule has 0 radical (unpaired) electrons. The smallest absolute Gasteiger partial charge is 0.266 e. The lowest BCUT2D eigenvalue weighted by Gasteiger charge is -2.31. The van der Waals surface area contributed by atoms with Crippen LogP contribution >= 0.6 is 0 Å². The first-order valence-corrected chi connectivity index (χ1v) is 12.3. The molecule has 1 amide bonds. The van der Waals surface area contributed by atoms with E-state index in [1.165, 1.54) is 0 Å². The summed E-state index contributed by atoms with van der Waals surface area (Å²) in [6, 6.07) is 23.7. The van der Waals surface area contributed by atoms with Crippen LogP contribution < -0.4 is 10.3 Å². The molecule has 37 heavy (non-hydrogen) atoms. The van der Waals surface area contributed by atoms with Crippen molar-refractivity contribution in [1.29, 1.82) is 0 Å². The Labute approximate surface area is 216 Å². The molecule has 0 aliphatic heterocycles. The van der Waals surface area contributed by atoms with E-state index in [9.17, 15) is 9.59 Å². The molecular formula is C30H31N3O4. The summed E-state index contributed by atoms with van der Waals surface area (Å²) in [6.45, 7) is 2.65. The van der Waals surface area contributed by atoms with Crippen LogP contribution in [0.15, 0.2) is 89.7 Å².